The lowest BCUT2D eigenvalue weighted by Gasteiger charge is -2.26. The third-order valence-corrected chi connectivity index (χ3v) is 4.23. The van der Waals surface area contributed by atoms with Gasteiger partial charge in [0.1, 0.15) is 0 Å². The minimum atomic E-state index is -0.562. The second-order valence-electron chi connectivity index (χ2n) is 6.03. The molecule has 114 valence electrons. The van der Waals surface area contributed by atoms with Crippen LogP contribution in [-0.4, -0.2) is 18.4 Å². The van der Waals surface area contributed by atoms with Crippen molar-refractivity contribution in [3.05, 3.63) is 29.3 Å². The number of nitrogens with two attached hydrogens (primary N) is 2. The van der Waals surface area contributed by atoms with Crippen molar-refractivity contribution in [1.29, 1.82) is 0 Å². The molecule has 1 fully saturated rings. The summed E-state index contributed by atoms with van der Waals surface area (Å²) >= 11 is 0. The lowest BCUT2D eigenvalue weighted by Crippen LogP contribution is -2.21. The van der Waals surface area contributed by atoms with E-state index in [9.17, 15) is 9.59 Å². The van der Waals surface area contributed by atoms with Crippen molar-refractivity contribution >= 4 is 17.5 Å². The number of carbonyl (C=O) groups is 2. The van der Waals surface area contributed by atoms with Crippen molar-refractivity contribution < 1.29 is 9.59 Å². The third-order valence-electron chi connectivity index (χ3n) is 4.23. The summed E-state index contributed by atoms with van der Waals surface area (Å²) in [6.07, 6.45) is 4.96. The standard InChI is InChI=1S/C16H23N3O2/c1-10-2-4-11(5-3-10)9-19-14-7-12(15(17)20)6-13(8-14)16(18)21/h6-8,10-11,19H,2-5,9H2,1H3,(H2,17,20)(H2,18,21). The molecule has 0 bridgehead atoms. The molecular formula is C16H23N3O2. The Morgan fingerprint density at radius 3 is 2.05 bits per heavy atom. The van der Waals surface area contributed by atoms with Gasteiger partial charge in [-0.3, -0.25) is 9.59 Å². The molecule has 0 spiro atoms. The predicted octanol–water partition coefficient (Wildman–Crippen LogP) is 2.12. The van der Waals surface area contributed by atoms with E-state index < -0.39 is 11.8 Å². The highest BCUT2D eigenvalue weighted by atomic mass is 16.1. The number of benzene rings is 1. The van der Waals surface area contributed by atoms with Crippen LogP contribution < -0.4 is 16.8 Å². The summed E-state index contributed by atoms with van der Waals surface area (Å²) in [6, 6.07) is 4.76. The fraction of sp³-hybridized carbons (Fsp3) is 0.500. The number of rotatable bonds is 5. The average Bonchev–Trinajstić information content (AvgIpc) is 2.46. The van der Waals surface area contributed by atoms with Crippen LogP contribution in [0.15, 0.2) is 18.2 Å². The highest BCUT2D eigenvalue weighted by molar-refractivity contribution is 5.99. The van der Waals surface area contributed by atoms with Crippen LogP contribution in [0.25, 0.3) is 0 Å². The molecule has 0 saturated heterocycles. The van der Waals surface area contributed by atoms with Crippen molar-refractivity contribution in [2.75, 3.05) is 11.9 Å². The number of primary amides is 2. The maximum absolute atomic E-state index is 11.3. The van der Waals surface area contributed by atoms with E-state index in [2.05, 4.69) is 12.2 Å². The molecule has 1 aromatic carbocycles. The normalized spacial score (nSPS) is 21.8. The molecule has 2 amide bonds. The Hall–Kier alpha value is -2.04. The summed E-state index contributed by atoms with van der Waals surface area (Å²) in [5.74, 6) is 0.330. The minimum absolute atomic E-state index is 0.297. The number of nitrogens with one attached hydrogen (secondary N) is 1. The zero-order valence-corrected chi connectivity index (χ0v) is 12.4. The van der Waals surface area contributed by atoms with Crippen molar-refractivity contribution in [2.24, 2.45) is 23.3 Å². The largest absolute Gasteiger partial charge is 0.385 e. The molecule has 1 aliphatic rings. The molecule has 1 aromatic rings. The first-order valence-electron chi connectivity index (χ1n) is 7.44. The van der Waals surface area contributed by atoms with Gasteiger partial charge in [-0.2, -0.15) is 0 Å². The molecule has 1 aliphatic carbocycles. The van der Waals surface area contributed by atoms with Crippen molar-refractivity contribution in [3.63, 3.8) is 0 Å². The fourth-order valence-electron chi connectivity index (χ4n) is 2.81. The molecule has 1 saturated carbocycles. The first-order chi connectivity index (χ1) is 9.95. The van der Waals surface area contributed by atoms with E-state index in [1.54, 1.807) is 12.1 Å². The van der Waals surface area contributed by atoms with E-state index >= 15 is 0 Å². The Bertz CT molecular complexity index is 502. The van der Waals surface area contributed by atoms with Gasteiger partial charge in [0, 0.05) is 23.4 Å². The van der Waals surface area contributed by atoms with Crippen LogP contribution in [0.5, 0.6) is 0 Å². The Kier molecular flexibility index (Phi) is 4.83. The summed E-state index contributed by atoms with van der Waals surface area (Å²) in [5, 5.41) is 3.30. The summed E-state index contributed by atoms with van der Waals surface area (Å²) in [4.78, 5) is 22.6. The number of amides is 2. The summed E-state index contributed by atoms with van der Waals surface area (Å²) in [5.41, 5.74) is 11.9. The Balaban J connectivity index is 2.05. The van der Waals surface area contributed by atoms with Gasteiger partial charge in [-0.25, -0.2) is 0 Å². The first-order valence-corrected chi connectivity index (χ1v) is 7.44. The summed E-state index contributed by atoms with van der Waals surface area (Å²) in [6.45, 7) is 3.13. The first kappa shape index (κ1) is 15.4. The van der Waals surface area contributed by atoms with Crippen LogP contribution in [0.3, 0.4) is 0 Å². The van der Waals surface area contributed by atoms with E-state index in [0.717, 1.165) is 18.2 Å². The molecular weight excluding hydrogens is 266 g/mol. The van der Waals surface area contributed by atoms with Crippen LogP contribution in [0.4, 0.5) is 5.69 Å². The van der Waals surface area contributed by atoms with Crippen LogP contribution >= 0.6 is 0 Å². The average molecular weight is 289 g/mol. The Labute approximate surface area is 125 Å². The van der Waals surface area contributed by atoms with Gasteiger partial charge in [0.15, 0.2) is 0 Å². The van der Waals surface area contributed by atoms with Crippen molar-refractivity contribution in [1.82, 2.24) is 0 Å². The number of hydrogen-bond donors (Lipinski definition) is 3. The van der Waals surface area contributed by atoms with Gasteiger partial charge in [-0.05, 0) is 42.9 Å². The molecule has 5 heteroatoms. The number of hydrogen-bond acceptors (Lipinski definition) is 3. The van der Waals surface area contributed by atoms with Gasteiger partial charge in [-0.15, -0.1) is 0 Å². The molecule has 0 radical (unpaired) electrons. The molecule has 5 nitrogen and oxygen atoms in total. The van der Waals surface area contributed by atoms with Crippen LogP contribution in [0.2, 0.25) is 0 Å². The summed E-state index contributed by atoms with van der Waals surface area (Å²) < 4.78 is 0. The maximum atomic E-state index is 11.3. The quantitative estimate of drug-likeness (QED) is 0.774. The molecule has 2 rings (SSSR count). The second kappa shape index (κ2) is 6.61. The molecule has 5 N–H and O–H groups in total. The zero-order chi connectivity index (χ0) is 15.4. The van der Waals surface area contributed by atoms with Crippen LogP contribution in [0.1, 0.15) is 53.3 Å². The van der Waals surface area contributed by atoms with Gasteiger partial charge in [0.25, 0.3) is 0 Å². The summed E-state index contributed by atoms with van der Waals surface area (Å²) in [7, 11) is 0. The maximum Gasteiger partial charge on any atom is 0.248 e. The lowest BCUT2D eigenvalue weighted by molar-refractivity contribution is 0.0999. The number of anilines is 1. The van der Waals surface area contributed by atoms with E-state index in [1.165, 1.54) is 31.7 Å². The van der Waals surface area contributed by atoms with Gasteiger partial charge >= 0.3 is 0 Å². The molecule has 0 unspecified atom stereocenters. The molecule has 0 atom stereocenters. The fourth-order valence-corrected chi connectivity index (χ4v) is 2.81. The van der Waals surface area contributed by atoms with Crippen molar-refractivity contribution in [3.8, 4) is 0 Å². The van der Waals surface area contributed by atoms with E-state index in [1.807, 2.05) is 0 Å². The van der Waals surface area contributed by atoms with Gasteiger partial charge in [0.05, 0.1) is 0 Å². The Morgan fingerprint density at radius 1 is 1.05 bits per heavy atom. The van der Waals surface area contributed by atoms with E-state index in [0.29, 0.717) is 17.0 Å². The SMILES string of the molecule is CC1CCC(CNc2cc(C(N)=O)cc(C(N)=O)c2)CC1. The van der Waals surface area contributed by atoms with Gasteiger partial charge in [-0.1, -0.05) is 19.8 Å². The smallest absolute Gasteiger partial charge is 0.248 e. The zero-order valence-electron chi connectivity index (χ0n) is 12.4. The highest BCUT2D eigenvalue weighted by Gasteiger charge is 2.18. The lowest BCUT2D eigenvalue weighted by atomic mass is 9.83. The minimum Gasteiger partial charge on any atom is -0.385 e. The second-order valence-corrected chi connectivity index (χ2v) is 6.03. The van der Waals surface area contributed by atoms with Crippen molar-refractivity contribution in [2.45, 2.75) is 32.6 Å². The number of carbonyl (C=O) groups excluding carboxylic acids is 2. The van der Waals surface area contributed by atoms with E-state index in [-0.39, 0.29) is 0 Å². The topological polar surface area (TPSA) is 98.2 Å². The van der Waals surface area contributed by atoms with Crippen LogP contribution in [-0.2, 0) is 0 Å². The molecule has 0 aliphatic heterocycles. The predicted molar refractivity (Wildman–Crippen MR) is 83.1 cm³/mol. The molecule has 21 heavy (non-hydrogen) atoms. The highest BCUT2D eigenvalue weighted by Crippen LogP contribution is 2.28. The van der Waals surface area contributed by atoms with Gasteiger partial charge < -0.3 is 16.8 Å². The Morgan fingerprint density at radius 2 is 1.57 bits per heavy atom. The third kappa shape index (κ3) is 4.21. The monoisotopic (exact) mass is 289 g/mol. The van der Waals surface area contributed by atoms with Crippen LogP contribution in [0, 0.1) is 11.8 Å². The van der Waals surface area contributed by atoms with Gasteiger partial charge in [0.2, 0.25) is 11.8 Å². The molecule has 0 heterocycles. The van der Waals surface area contributed by atoms with E-state index in [4.69, 9.17) is 11.5 Å². The molecule has 0 aromatic heterocycles.